The normalized spacial score (nSPS) is 15.3. The van der Waals surface area contributed by atoms with Gasteiger partial charge in [-0.15, -0.1) is 24.0 Å². The molecule has 1 heterocycles. The first-order valence-corrected chi connectivity index (χ1v) is 11.8. The molecule has 32 heavy (non-hydrogen) atoms. The first kappa shape index (κ1) is 28.5. The van der Waals surface area contributed by atoms with Gasteiger partial charge < -0.3 is 20.3 Å². The highest BCUT2D eigenvalue weighted by Gasteiger charge is 2.26. The highest BCUT2D eigenvalue weighted by Crippen LogP contribution is 2.30. The molecule has 1 aromatic carbocycles. The predicted octanol–water partition coefficient (Wildman–Crippen LogP) is 4.57. The van der Waals surface area contributed by atoms with Crippen molar-refractivity contribution < 1.29 is 9.53 Å². The number of nitrogens with one attached hydrogen (secondary N) is 2. The number of hydrogen-bond acceptors (Lipinski definition) is 3. The number of hydrogen-bond donors (Lipinski definition) is 2. The Labute approximate surface area is 212 Å². The maximum atomic E-state index is 12.6. The summed E-state index contributed by atoms with van der Waals surface area (Å²) in [6.07, 6.45) is 3.74. The van der Waals surface area contributed by atoms with E-state index in [4.69, 9.17) is 4.74 Å². The number of piperidine rings is 1. The molecule has 1 saturated heterocycles. The molecular formula is C25H43IN4O2. The molecule has 0 unspecified atom stereocenters. The zero-order valence-electron chi connectivity index (χ0n) is 20.7. The number of carbonyl (C=O) groups is 1. The van der Waals surface area contributed by atoms with Gasteiger partial charge in [-0.3, -0.25) is 9.79 Å². The van der Waals surface area contributed by atoms with Crippen LogP contribution in [0.25, 0.3) is 0 Å². The van der Waals surface area contributed by atoms with Crippen molar-refractivity contribution in [3.63, 3.8) is 0 Å². The number of likely N-dealkylation sites (tertiary alicyclic amines) is 1. The molecule has 0 aromatic heterocycles. The second kappa shape index (κ2) is 13.9. The Morgan fingerprint density at radius 1 is 1.19 bits per heavy atom. The lowest BCUT2D eigenvalue weighted by Crippen LogP contribution is -2.51. The zero-order valence-corrected chi connectivity index (χ0v) is 23.1. The van der Waals surface area contributed by atoms with Crippen LogP contribution in [0.15, 0.2) is 29.3 Å². The lowest BCUT2D eigenvalue weighted by Gasteiger charge is -2.34. The van der Waals surface area contributed by atoms with Crippen LogP contribution < -0.4 is 15.4 Å². The van der Waals surface area contributed by atoms with Crippen molar-refractivity contribution >= 4 is 35.8 Å². The van der Waals surface area contributed by atoms with Crippen LogP contribution in [0.5, 0.6) is 5.75 Å². The number of halogens is 1. The topological polar surface area (TPSA) is 66.0 Å². The molecule has 0 radical (unpaired) electrons. The molecule has 1 fully saturated rings. The molecule has 182 valence electrons. The summed E-state index contributed by atoms with van der Waals surface area (Å²) in [6, 6.07) is 8.56. The van der Waals surface area contributed by atoms with E-state index in [9.17, 15) is 4.79 Å². The van der Waals surface area contributed by atoms with Gasteiger partial charge in [0.1, 0.15) is 12.4 Å². The predicted molar refractivity (Wildman–Crippen MR) is 144 cm³/mol. The molecule has 7 heteroatoms. The Hall–Kier alpha value is -1.51. The average molecular weight is 559 g/mol. The van der Waals surface area contributed by atoms with Gasteiger partial charge in [0.05, 0.1) is 6.54 Å². The molecule has 0 spiro atoms. The number of amides is 1. The molecule has 6 nitrogen and oxygen atoms in total. The van der Waals surface area contributed by atoms with Gasteiger partial charge in [0.2, 0.25) is 5.91 Å². The van der Waals surface area contributed by atoms with E-state index in [1.807, 2.05) is 17.0 Å². The minimum absolute atomic E-state index is 0. The molecule has 2 rings (SSSR count). The van der Waals surface area contributed by atoms with Crippen molar-refractivity contribution in [1.82, 2.24) is 15.5 Å². The van der Waals surface area contributed by atoms with Gasteiger partial charge in [-0.1, -0.05) is 52.8 Å². The zero-order chi connectivity index (χ0) is 22.9. The minimum atomic E-state index is 0. The molecule has 1 aliphatic heterocycles. The summed E-state index contributed by atoms with van der Waals surface area (Å²) in [4.78, 5) is 19.0. The maximum absolute atomic E-state index is 12.6. The quantitative estimate of drug-likeness (QED) is 0.212. The molecule has 0 bridgehead atoms. The summed E-state index contributed by atoms with van der Waals surface area (Å²) in [6.45, 7) is 13.7. The molecule has 0 aliphatic carbocycles. The number of nitrogens with zero attached hydrogens (tertiary/aromatic N) is 2. The van der Waals surface area contributed by atoms with Gasteiger partial charge in [-0.25, -0.2) is 0 Å². The van der Waals surface area contributed by atoms with Crippen molar-refractivity contribution in [2.75, 3.05) is 33.3 Å². The van der Waals surface area contributed by atoms with Gasteiger partial charge in [0.15, 0.2) is 5.96 Å². The monoisotopic (exact) mass is 558 g/mol. The summed E-state index contributed by atoms with van der Waals surface area (Å²) < 4.78 is 6.04. The maximum Gasteiger partial charge on any atom is 0.225 e. The second-order valence-electron chi connectivity index (χ2n) is 9.35. The van der Waals surface area contributed by atoms with Gasteiger partial charge in [-0.05, 0) is 42.7 Å². The molecule has 1 aromatic rings. The van der Waals surface area contributed by atoms with E-state index in [1.54, 1.807) is 7.05 Å². The van der Waals surface area contributed by atoms with E-state index in [0.29, 0.717) is 25.1 Å². The third-order valence-electron chi connectivity index (χ3n) is 6.05. The number of aliphatic imine (C=N–C) groups is 1. The van der Waals surface area contributed by atoms with Gasteiger partial charge in [-0.2, -0.15) is 0 Å². The van der Waals surface area contributed by atoms with Crippen LogP contribution in [0, 0.1) is 5.92 Å². The summed E-state index contributed by atoms with van der Waals surface area (Å²) >= 11 is 0. The molecule has 0 atom stereocenters. The first-order chi connectivity index (χ1) is 14.8. The summed E-state index contributed by atoms with van der Waals surface area (Å²) in [5.41, 5.74) is 1.26. The van der Waals surface area contributed by atoms with Crippen molar-refractivity contribution in [2.45, 2.75) is 71.8 Å². The van der Waals surface area contributed by atoms with E-state index >= 15 is 0 Å². The number of para-hydroxylation sites is 1. The average Bonchev–Trinajstić information content (AvgIpc) is 2.76. The highest BCUT2D eigenvalue weighted by atomic mass is 127. The Kier molecular flexibility index (Phi) is 12.4. The summed E-state index contributed by atoms with van der Waals surface area (Å²) in [7, 11) is 1.79. The van der Waals surface area contributed by atoms with Gasteiger partial charge in [0, 0.05) is 32.1 Å². The third-order valence-corrected chi connectivity index (χ3v) is 6.05. The third kappa shape index (κ3) is 8.45. The van der Waals surface area contributed by atoms with Crippen LogP contribution in [-0.4, -0.2) is 56.1 Å². The van der Waals surface area contributed by atoms with E-state index in [2.05, 4.69) is 62.4 Å². The fourth-order valence-corrected chi connectivity index (χ4v) is 4.07. The lowest BCUT2D eigenvalue weighted by molar-refractivity contribution is -0.136. The van der Waals surface area contributed by atoms with Crippen molar-refractivity contribution in [3.8, 4) is 5.75 Å². The Balaban J connectivity index is 0.00000512. The number of ether oxygens (including phenoxy) is 1. The van der Waals surface area contributed by atoms with E-state index in [-0.39, 0.29) is 35.3 Å². The minimum Gasteiger partial charge on any atom is -0.491 e. The Morgan fingerprint density at radius 2 is 1.81 bits per heavy atom. The largest absolute Gasteiger partial charge is 0.491 e. The molecule has 1 amide bonds. The van der Waals surface area contributed by atoms with Gasteiger partial charge in [0.25, 0.3) is 0 Å². The van der Waals surface area contributed by atoms with Crippen LogP contribution in [0.1, 0.15) is 65.9 Å². The standard InChI is InChI=1S/C25H42N4O2.HI/c1-7-19(8-2)23(30)29-16-13-20(14-17-29)28-24(26-6)27-15-18-31-22-12-10-9-11-21(22)25(3,4)5;/h9-12,19-20H,7-8,13-18H2,1-6H3,(H2,26,27,28);1H. The smallest absolute Gasteiger partial charge is 0.225 e. The highest BCUT2D eigenvalue weighted by molar-refractivity contribution is 14.0. The van der Waals surface area contributed by atoms with Crippen molar-refractivity contribution in [1.29, 1.82) is 0 Å². The van der Waals surface area contributed by atoms with Crippen molar-refractivity contribution in [3.05, 3.63) is 29.8 Å². The Bertz CT molecular complexity index is 721. The SMILES string of the molecule is CCC(CC)C(=O)N1CCC(NC(=NC)NCCOc2ccccc2C(C)(C)C)CC1.I. The van der Waals surface area contributed by atoms with Crippen LogP contribution in [-0.2, 0) is 10.2 Å². The Morgan fingerprint density at radius 3 is 2.38 bits per heavy atom. The fraction of sp³-hybridized carbons (Fsp3) is 0.680. The van der Waals surface area contributed by atoms with Crippen molar-refractivity contribution in [2.24, 2.45) is 10.9 Å². The van der Waals surface area contributed by atoms with E-state index < -0.39 is 0 Å². The number of rotatable bonds is 8. The lowest BCUT2D eigenvalue weighted by atomic mass is 9.86. The molecule has 1 aliphatic rings. The molecular weight excluding hydrogens is 515 g/mol. The van der Waals surface area contributed by atoms with Crippen LogP contribution >= 0.6 is 24.0 Å². The van der Waals surface area contributed by atoms with Crippen LogP contribution in [0.4, 0.5) is 0 Å². The first-order valence-electron chi connectivity index (χ1n) is 11.8. The fourth-order valence-electron chi connectivity index (χ4n) is 4.07. The molecule has 0 saturated carbocycles. The summed E-state index contributed by atoms with van der Waals surface area (Å²) in [5, 5.41) is 6.85. The number of carbonyl (C=O) groups excluding carboxylic acids is 1. The van der Waals surface area contributed by atoms with Crippen LogP contribution in [0.3, 0.4) is 0 Å². The molecule has 2 N–H and O–H groups in total. The van der Waals surface area contributed by atoms with E-state index in [0.717, 1.165) is 50.5 Å². The number of guanidine groups is 1. The summed E-state index contributed by atoms with van der Waals surface area (Å²) in [5.74, 6) is 2.22. The van der Waals surface area contributed by atoms with E-state index in [1.165, 1.54) is 5.56 Å². The second-order valence-corrected chi connectivity index (χ2v) is 9.35. The van der Waals surface area contributed by atoms with Gasteiger partial charge >= 0.3 is 0 Å². The number of benzene rings is 1. The van der Waals surface area contributed by atoms with Crippen LogP contribution in [0.2, 0.25) is 0 Å².